The highest BCUT2D eigenvalue weighted by Crippen LogP contribution is 2.10. The van der Waals surface area contributed by atoms with E-state index in [1.165, 1.54) is 0 Å². The van der Waals surface area contributed by atoms with Gasteiger partial charge in [0.1, 0.15) is 0 Å². The summed E-state index contributed by atoms with van der Waals surface area (Å²) in [6.07, 6.45) is 7.08. The van der Waals surface area contributed by atoms with Gasteiger partial charge < -0.3 is 10.4 Å². The predicted molar refractivity (Wildman–Crippen MR) is 62.7 cm³/mol. The lowest BCUT2D eigenvalue weighted by atomic mass is 10.2. The number of hydrogen-bond acceptors (Lipinski definition) is 5. The van der Waals surface area contributed by atoms with Gasteiger partial charge in [0.05, 0.1) is 12.3 Å². The van der Waals surface area contributed by atoms with E-state index >= 15 is 0 Å². The fraction of sp³-hybridized carbons (Fsp3) is 0.600. The molecule has 2 atom stereocenters. The van der Waals surface area contributed by atoms with Crippen LogP contribution in [0.2, 0.25) is 0 Å². The molecule has 0 amide bonds. The molecule has 2 unspecified atom stereocenters. The predicted octanol–water partition coefficient (Wildman–Crippen LogP) is 0.679. The molecule has 0 aliphatic carbocycles. The Morgan fingerprint density at radius 2 is 2.33 bits per heavy atom. The maximum absolute atomic E-state index is 9.10. The van der Waals surface area contributed by atoms with Crippen molar-refractivity contribution in [1.29, 1.82) is 0 Å². The Kier molecular flexibility index (Phi) is 5.60. The SMILES string of the molecule is CSC(CO)C(C)NCc1cnccn1. The summed E-state index contributed by atoms with van der Waals surface area (Å²) < 4.78 is 0. The van der Waals surface area contributed by atoms with E-state index < -0.39 is 0 Å². The van der Waals surface area contributed by atoms with Crippen LogP contribution in [0.1, 0.15) is 12.6 Å². The average molecular weight is 227 g/mol. The molecule has 1 heterocycles. The molecule has 0 aliphatic rings. The van der Waals surface area contributed by atoms with E-state index in [0.29, 0.717) is 6.54 Å². The van der Waals surface area contributed by atoms with E-state index in [1.54, 1.807) is 30.4 Å². The third-order valence-corrected chi connectivity index (χ3v) is 3.42. The molecule has 0 radical (unpaired) electrons. The second-order valence-electron chi connectivity index (χ2n) is 3.32. The van der Waals surface area contributed by atoms with Gasteiger partial charge in [-0.3, -0.25) is 9.97 Å². The van der Waals surface area contributed by atoms with Gasteiger partial charge in [-0.15, -0.1) is 0 Å². The summed E-state index contributed by atoms with van der Waals surface area (Å²) in [6, 6.07) is 0.256. The van der Waals surface area contributed by atoms with Gasteiger partial charge in [-0.2, -0.15) is 11.8 Å². The van der Waals surface area contributed by atoms with Gasteiger partial charge >= 0.3 is 0 Å². The molecule has 15 heavy (non-hydrogen) atoms. The van der Waals surface area contributed by atoms with E-state index in [4.69, 9.17) is 5.11 Å². The first kappa shape index (κ1) is 12.4. The summed E-state index contributed by atoms with van der Waals surface area (Å²) in [7, 11) is 0. The molecule has 1 rings (SSSR count). The molecule has 4 nitrogen and oxygen atoms in total. The lowest BCUT2D eigenvalue weighted by Gasteiger charge is -2.20. The van der Waals surface area contributed by atoms with Crippen LogP contribution in [-0.4, -0.2) is 39.2 Å². The van der Waals surface area contributed by atoms with Gasteiger partial charge in [-0.1, -0.05) is 0 Å². The first-order valence-electron chi connectivity index (χ1n) is 4.90. The zero-order valence-electron chi connectivity index (χ0n) is 9.05. The minimum Gasteiger partial charge on any atom is -0.395 e. The van der Waals surface area contributed by atoms with Crippen molar-refractivity contribution < 1.29 is 5.11 Å². The Morgan fingerprint density at radius 3 is 2.87 bits per heavy atom. The van der Waals surface area contributed by atoms with E-state index in [2.05, 4.69) is 22.2 Å². The zero-order chi connectivity index (χ0) is 11.1. The lowest BCUT2D eigenvalue weighted by molar-refractivity contribution is 0.275. The molecule has 0 saturated heterocycles. The highest BCUT2D eigenvalue weighted by molar-refractivity contribution is 7.99. The lowest BCUT2D eigenvalue weighted by Crippen LogP contribution is -2.37. The molecule has 1 aromatic heterocycles. The van der Waals surface area contributed by atoms with E-state index in [1.807, 2.05) is 6.26 Å². The van der Waals surface area contributed by atoms with E-state index in [9.17, 15) is 0 Å². The average Bonchev–Trinajstić information content (AvgIpc) is 2.29. The highest BCUT2D eigenvalue weighted by atomic mass is 32.2. The number of aromatic nitrogens is 2. The Hall–Kier alpha value is -0.650. The van der Waals surface area contributed by atoms with Crippen molar-refractivity contribution in [1.82, 2.24) is 15.3 Å². The third kappa shape index (κ3) is 4.15. The van der Waals surface area contributed by atoms with Crippen LogP contribution in [0.15, 0.2) is 18.6 Å². The molecule has 0 aromatic carbocycles. The maximum atomic E-state index is 9.10. The molecule has 0 aliphatic heterocycles. The van der Waals surface area contributed by atoms with Crippen LogP contribution in [0.3, 0.4) is 0 Å². The summed E-state index contributed by atoms with van der Waals surface area (Å²) in [5.74, 6) is 0. The van der Waals surface area contributed by atoms with Crippen LogP contribution in [0, 0.1) is 0 Å². The first-order chi connectivity index (χ1) is 7.27. The normalized spacial score (nSPS) is 14.9. The summed E-state index contributed by atoms with van der Waals surface area (Å²) >= 11 is 1.66. The van der Waals surface area contributed by atoms with Gasteiger partial charge in [0.2, 0.25) is 0 Å². The van der Waals surface area contributed by atoms with Crippen LogP contribution < -0.4 is 5.32 Å². The van der Waals surface area contributed by atoms with Gasteiger partial charge in [-0.05, 0) is 13.2 Å². The number of rotatable bonds is 6. The van der Waals surface area contributed by atoms with Crippen molar-refractivity contribution in [2.24, 2.45) is 0 Å². The quantitative estimate of drug-likeness (QED) is 0.748. The minimum atomic E-state index is 0.190. The molecule has 0 bridgehead atoms. The van der Waals surface area contributed by atoms with Crippen LogP contribution >= 0.6 is 11.8 Å². The molecule has 2 N–H and O–H groups in total. The van der Waals surface area contributed by atoms with Crippen molar-refractivity contribution in [3.8, 4) is 0 Å². The topological polar surface area (TPSA) is 58.0 Å². The Balaban J connectivity index is 2.36. The van der Waals surface area contributed by atoms with Crippen molar-refractivity contribution in [2.45, 2.75) is 24.8 Å². The summed E-state index contributed by atoms with van der Waals surface area (Å²) in [4.78, 5) is 8.16. The molecule has 84 valence electrons. The Bertz CT molecular complexity index is 267. The fourth-order valence-electron chi connectivity index (χ4n) is 1.26. The minimum absolute atomic E-state index is 0.190. The molecule has 0 spiro atoms. The molecular formula is C10H17N3OS. The van der Waals surface area contributed by atoms with E-state index in [0.717, 1.165) is 5.69 Å². The first-order valence-corrected chi connectivity index (χ1v) is 6.18. The highest BCUT2D eigenvalue weighted by Gasteiger charge is 2.14. The maximum Gasteiger partial charge on any atom is 0.0724 e. The number of thioether (sulfide) groups is 1. The monoisotopic (exact) mass is 227 g/mol. The van der Waals surface area contributed by atoms with Crippen molar-refractivity contribution in [3.63, 3.8) is 0 Å². The van der Waals surface area contributed by atoms with Crippen molar-refractivity contribution in [3.05, 3.63) is 24.3 Å². The third-order valence-electron chi connectivity index (χ3n) is 2.26. The Morgan fingerprint density at radius 1 is 1.53 bits per heavy atom. The zero-order valence-corrected chi connectivity index (χ0v) is 9.87. The summed E-state index contributed by atoms with van der Waals surface area (Å²) in [6.45, 7) is 2.94. The van der Waals surface area contributed by atoms with E-state index in [-0.39, 0.29) is 17.9 Å². The number of aliphatic hydroxyl groups is 1. The van der Waals surface area contributed by atoms with Crippen LogP contribution in [0.5, 0.6) is 0 Å². The molecule has 0 saturated carbocycles. The fourth-order valence-corrected chi connectivity index (χ4v) is 1.91. The van der Waals surface area contributed by atoms with Crippen LogP contribution in [0.25, 0.3) is 0 Å². The van der Waals surface area contributed by atoms with Crippen molar-refractivity contribution in [2.75, 3.05) is 12.9 Å². The van der Waals surface area contributed by atoms with Gasteiger partial charge in [0, 0.05) is 36.4 Å². The van der Waals surface area contributed by atoms with Crippen LogP contribution in [0.4, 0.5) is 0 Å². The molecule has 5 heteroatoms. The molecule has 0 fully saturated rings. The standard InChI is InChI=1S/C10H17N3OS/c1-8(10(7-14)15-2)13-6-9-5-11-3-4-12-9/h3-5,8,10,13-14H,6-7H2,1-2H3. The second-order valence-corrected chi connectivity index (χ2v) is 4.40. The van der Waals surface area contributed by atoms with Gasteiger partial charge in [0.15, 0.2) is 0 Å². The molecular weight excluding hydrogens is 210 g/mol. The second kappa shape index (κ2) is 6.76. The number of nitrogens with one attached hydrogen (secondary N) is 1. The number of aliphatic hydroxyl groups excluding tert-OH is 1. The smallest absolute Gasteiger partial charge is 0.0724 e. The summed E-state index contributed by atoms with van der Waals surface area (Å²) in [5.41, 5.74) is 0.919. The summed E-state index contributed by atoms with van der Waals surface area (Å²) in [5, 5.41) is 12.6. The Labute approximate surface area is 94.5 Å². The van der Waals surface area contributed by atoms with Crippen molar-refractivity contribution >= 4 is 11.8 Å². The van der Waals surface area contributed by atoms with Crippen LogP contribution in [-0.2, 0) is 6.54 Å². The molecule has 1 aromatic rings. The largest absolute Gasteiger partial charge is 0.395 e. The number of hydrogen-bond donors (Lipinski definition) is 2. The number of nitrogens with zero attached hydrogens (tertiary/aromatic N) is 2. The van der Waals surface area contributed by atoms with Gasteiger partial charge in [0.25, 0.3) is 0 Å². The van der Waals surface area contributed by atoms with Gasteiger partial charge in [-0.25, -0.2) is 0 Å².